The van der Waals surface area contributed by atoms with Crippen molar-refractivity contribution in [3.8, 4) is 11.8 Å². The highest BCUT2D eigenvalue weighted by molar-refractivity contribution is 5.36. The van der Waals surface area contributed by atoms with Gasteiger partial charge in [-0.25, -0.2) is 0 Å². The molecule has 2 N–H and O–H groups in total. The van der Waals surface area contributed by atoms with Crippen LogP contribution in [0.3, 0.4) is 0 Å². The van der Waals surface area contributed by atoms with Crippen LogP contribution < -0.4 is 10.5 Å². The Morgan fingerprint density at radius 3 is 2.70 bits per heavy atom. The van der Waals surface area contributed by atoms with Crippen molar-refractivity contribution in [1.29, 1.82) is 5.26 Å². The lowest BCUT2D eigenvalue weighted by atomic mass is 9.91. The summed E-state index contributed by atoms with van der Waals surface area (Å²) >= 11 is 0. The van der Waals surface area contributed by atoms with Gasteiger partial charge in [-0.3, -0.25) is 0 Å². The second-order valence-corrected chi connectivity index (χ2v) is 4.73. The molecule has 0 aliphatic carbocycles. The molecule has 3 heteroatoms. The van der Waals surface area contributed by atoms with Crippen LogP contribution in [0.4, 0.5) is 0 Å². The van der Waals surface area contributed by atoms with Gasteiger partial charge in [-0.15, -0.1) is 0 Å². The number of ether oxygens (including phenoxy) is 1. The molecule has 1 unspecified atom stereocenters. The fraction of sp³-hybridized carbons (Fsp3) is 0.235. The Labute approximate surface area is 119 Å². The minimum atomic E-state index is 0.221. The van der Waals surface area contributed by atoms with Crippen molar-refractivity contribution in [2.75, 3.05) is 13.7 Å². The summed E-state index contributed by atoms with van der Waals surface area (Å²) in [6.45, 7) is 0.559. The Kier molecular flexibility index (Phi) is 4.75. The molecule has 0 aromatic heterocycles. The Hall–Kier alpha value is -2.31. The Morgan fingerprint density at radius 1 is 1.20 bits per heavy atom. The fourth-order valence-corrected chi connectivity index (χ4v) is 2.29. The molecule has 2 aromatic carbocycles. The zero-order valence-electron chi connectivity index (χ0n) is 11.5. The van der Waals surface area contributed by atoms with E-state index in [1.165, 1.54) is 0 Å². The zero-order valence-corrected chi connectivity index (χ0v) is 11.5. The van der Waals surface area contributed by atoms with Gasteiger partial charge in [0, 0.05) is 5.92 Å². The van der Waals surface area contributed by atoms with Gasteiger partial charge >= 0.3 is 0 Å². The van der Waals surface area contributed by atoms with Gasteiger partial charge in [0.15, 0.2) is 0 Å². The van der Waals surface area contributed by atoms with E-state index < -0.39 is 0 Å². The van der Waals surface area contributed by atoms with Crippen molar-refractivity contribution >= 4 is 0 Å². The van der Waals surface area contributed by atoms with E-state index in [1.807, 2.05) is 42.5 Å². The summed E-state index contributed by atoms with van der Waals surface area (Å²) in [5.74, 6) is 1.06. The SMILES string of the molecule is COc1cccc(C(CN)Cc2cccc(C#N)c2)c1. The van der Waals surface area contributed by atoms with E-state index >= 15 is 0 Å². The molecule has 0 bridgehead atoms. The molecule has 2 aromatic rings. The lowest BCUT2D eigenvalue weighted by Gasteiger charge is -2.16. The smallest absolute Gasteiger partial charge is 0.119 e. The number of nitrogens with zero attached hydrogens (tertiary/aromatic N) is 1. The molecule has 0 spiro atoms. The second-order valence-electron chi connectivity index (χ2n) is 4.73. The highest BCUT2D eigenvalue weighted by Crippen LogP contribution is 2.24. The summed E-state index contributed by atoms with van der Waals surface area (Å²) in [6, 6.07) is 17.8. The molecule has 3 nitrogen and oxygen atoms in total. The van der Waals surface area contributed by atoms with Gasteiger partial charge in [-0.05, 0) is 48.4 Å². The van der Waals surface area contributed by atoms with E-state index in [1.54, 1.807) is 7.11 Å². The number of methoxy groups -OCH3 is 1. The summed E-state index contributed by atoms with van der Waals surface area (Å²) in [7, 11) is 1.66. The predicted octanol–water partition coefficient (Wildman–Crippen LogP) is 2.85. The number of benzene rings is 2. The van der Waals surface area contributed by atoms with Crippen LogP contribution >= 0.6 is 0 Å². The first-order valence-corrected chi connectivity index (χ1v) is 6.60. The standard InChI is InChI=1S/C17H18N2O/c1-20-17-7-3-6-15(10-17)16(12-19)9-13-4-2-5-14(8-13)11-18/h2-8,10,16H,9,12,19H2,1H3. The number of rotatable bonds is 5. The van der Waals surface area contributed by atoms with Gasteiger partial charge in [-0.1, -0.05) is 24.3 Å². The molecule has 0 fully saturated rings. The molecule has 102 valence electrons. The molecule has 1 atom stereocenters. The summed E-state index contributed by atoms with van der Waals surface area (Å²) in [5, 5.41) is 8.95. The minimum absolute atomic E-state index is 0.221. The van der Waals surface area contributed by atoms with Crippen LogP contribution in [-0.4, -0.2) is 13.7 Å². The number of nitrogens with two attached hydrogens (primary N) is 1. The van der Waals surface area contributed by atoms with Gasteiger partial charge in [0.05, 0.1) is 18.7 Å². The molecular formula is C17H18N2O. The van der Waals surface area contributed by atoms with Crippen molar-refractivity contribution in [3.05, 3.63) is 65.2 Å². The first-order valence-electron chi connectivity index (χ1n) is 6.60. The first kappa shape index (κ1) is 14.1. The van der Waals surface area contributed by atoms with E-state index in [4.69, 9.17) is 15.7 Å². The van der Waals surface area contributed by atoms with E-state index in [0.717, 1.165) is 23.3 Å². The predicted molar refractivity (Wildman–Crippen MR) is 79.7 cm³/mol. The van der Waals surface area contributed by atoms with Crippen LogP contribution in [0, 0.1) is 11.3 Å². The first-order chi connectivity index (χ1) is 9.76. The van der Waals surface area contributed by atoms with Crippen LogP contribution in [0.25, 0.3) is 0 Å². The van der Waals surface area contributed by atoms with Gasteiger partial charge in [0.2, 0.25) is 0 Å². The second kappa shape index (κ2) is 6.74. The number of hydrogen-bond donors (Lipinski definition) is 1. The lowest BCUT2D eigenvalue weighted by Crippen LogP contribution is -2.15. The van der Waals surface area contributed by atoms with Gasteiger partial charge in [0.25, 0.3) is 0 Å². The third kappa shape index (κ3) is 3.37. The van der Waals surface area contributed by atoms with Crippen LogP contribution in [0.15, 0.2) is 48.5 Å². The maximum absolute atomic E-state index is 8.95. The maximum Gasteiger partial charge on any atom is 0.119 e. The molecule has 20 heavy (non-hydrogen) atoms. The number of nitriles is 1. The zero-order chi connectivity index (χ0) is 14.4. The maximum atomic E-state index is 8.95. The molecule has 2 rings (SSSR count). The number of hydrogen-bond acceptors (Lipinski definition) is 3. The fourth-order valence-electron chi connectivity index (χ4n) is 2.29. The quantitative estimate of drug-likeness (QED) is 0.905. The minimum Gasteiger partial charge on any atom is -0.497 e. The average Bonchev–Trinajstić information content (AvgIpc) is 2.52. The molecule has 0 saturated carbocycles. The summed E-state index contributed by atoms with van der Waals surface area (Å²) in [6.07, 6.45) is 0.819. The van der Waals surface area contributed by atoms with Crippen LogP contribution in [0.5, 0.6) is 5.75 Å². The molecule has 0 amide bonds. The summed E-state index contributed by atoms with van der Waals surface area (Å²) in [5.41, 5.74) is 8.88. The highest BCUT2D eigenvalue weighted by Gasteiger charge is 2.11. The van der Waals surface area contributed by atoms with E-state index in [9.17, 15) is 0 Å². The Balaban J connectivity index is 2.21. The van der Waals surface area contributed by atoms with Crippen molar-refractivity contribution in [2.24, 2.45) is 5.73 Å². The monoisotopic (exact) mass is 266 g/mol. The molecule has 0 aliphatic rings. The molecule has 0 saturated heterocycles. The van der Waals surface area contributed by atoms with E-state index in [-0.39, 0.29) is 5.92 Å². The van der Waals surface area contributed by atoms with Crippen molar-refractivity contribution in [3.63, 3.8) is 0 Å². The van der Waals surface area contributed by atoms with Gasteiger partial charge < -0.3 is 10.5 Å². The Morgan fingerprint density at radius 2 is 2.00 bits per heavy atom. The molecule has 0 heterocycles. The largest absolute Gasteiger partial charge is 0.497 e. The van der Waals surface area contributed by atoms with E-state index in [2.05, 4.69) is 12.1 Å². The van der Waals surface area contributed by atoms with Gasteiger partial charge in [-0.2, -0.15) is 5.26 Å². The third-order valence-electron chi connectivity index (χ3n) is 3.39. The van der Waals surface area contributed by atoms with Crippen molar-refractivity contribution in [1.82, 2.24) is 0 Å². The highest BCUT2D eigenvalue weighted by atomic mass is 16.5. The lowest BCUT2D eigenvalue weighted by molar-refractivity contribution is 0.413. The Bertz CT molecular complexity index is 616. The van der Waals surface area contributed by atoms with Crippen LogP contribution in [-0.2, 0) is 6.42 Å². The normalized spacial score (nSPS) is 11.7. The summed E-state index contributed by atoms with van der Waals surface area (Å²) < 4.78 is 5.25. The third-order valence-corrected chi connectivity index (χ3v) is 3.39. The molecule has 0 radical (unpaired) electrons. The van der Waals surface area contributed by atoms with Gasteiger partial charge in [0.1, 0.15) is 5.75 Å². The van der Waals surface area contributed by atoms with Crippen LogP contribution in [0.2, 0.25) is 0 Å². The van der Waals surface area contributed by atoms with E-state index in [0.29, 0.717) is 12.1 Å². The van der Waals surface area contributed by atoms with Crippen molar-refractivity contribution < 1.29 is 4.74 Å². The topological polar surface area (TPSA) is 59.0 Å². The van der Waals surface area contributed by atoms with Crippen LogP contribution in [0.1, 0.15) is 22.6 Å². The summed E-state index contributed by atoms with van der Waals surface area (Å²) in [4.78, 5) is 0. The van der Waals surface area contributed by atoms with Crippen molar-refractivity contribution in [2.45, 2.75) is 12.3 Å². The molecule has 0 aliphatic heterocycles. The average molecular weight is 266 g/mol. The molecular weight excluding hydrogens is 248 g/mol.